The van der Waals surface area contributed by atoms with E-state index in [1.165, 1.54) is 32.1 Å². The lowest BCUT2D eigenvalue weighted by Crippen LogP contribution is -2.34. The highest BCUT2D eigenvalue weighted by Gasteiger charge is 2.33. The Morgan fingerprint density at radius 3 is 2.00 bits per heavy atom. The Morgan fingerprint density at radius 2 is 1.45 bits per heavy atom. The number of aliphatic hydroxyl groups excluding tert-OH is 1. The molecule has 1 nitrogen and oxygen atoms in total. The van der Waals surface area contributed by atoms with Gasteiger partial charge in [0.05, 0.1) is 6.10 Å². The standard InChI is InChI=1S/C10H18O/c11-10-6-9(7-10)8-4-2-1-3-5-8/h8-11H,1-7H2. The van der Waals surface area contributed by atoms with Gasteiger partial charge < -0.3 is 5.11 Å². The summed E-state index contributed by atoms with van der Waals surface area (Å²) < 4.78 is 0. The number of hydrogen-bond acceptors (Lipinski definition) is 1. The maximum absolute atomic E-state index is 9.15. The molecule has 0 radical (unpaired) electrons. The predicted molar refractivity (Wildman–Crippen MR) is 45.3 cm³/mol. The van der Waals surface area contributed by atoms with Crippen molar-refractivity contribution >= 4 is 0 Å². The van der Waals surface area contributed by atoms with Gasteiger partial charge in [-0.15, -0.1) is 0 Å². The lowest BCUT2D eigenvalue weighted by atomic mass is 9.69. The molecule has 0 aromatic carbocycles. The molecular formula is C10H18O. The topological polar surface area (TPSA) is 20.2 Å². The lowest BCUT2D eigenvalue weighted by molar-refractivity contribution is 0.00510. The minimum atomic E-state index is 0.0573. The van der Waals surface area contributed by atoms with Crippen molar-refractivity contribution < 1.29 is 5.11 Å². The van der Waals surface area contributed by atoms with Crippen LogP contribution in [0.5, 0.6) is 0 Å². The molecule has 0 amide bonds. The van der Waals surface area contributed by atoms with E-state index >= 15 is 0 Å². The predicted octanol–water partition coefficient (Wildman–Crippen LogP) is 2.34. The maximum Gasteiger partial charge on any atom is 0.0545 e. The van der Waals surface area contributed by atoms with Crippen LogP contribution in [0.25, 0.3) is 0 Å². The highest BCUT2D eigenvalue weighted by atomic mass is 16.3. The molecule has 0 aliphatic heterocycles. The molecule has 11 heavy (non-hydrogen) atoms. The van der Waals surface area contributed by atoms with Crippen molar-refractivity contribution in [3.8, 4) is 0 Å². The number of aliphatic hydroxyl groups is 1. The second-order valence-corrected chi connectivity index (χ2v) is 4.28. The minimum Gasteiger partial charge on any atom is -0.393 e. The van der Waals surface area contributed by atoms with Gasteiger partial charge in [0.2, 0.25) is 0 Å². The van der Waals surface area contributed by atoms with Crippen LogP contribution in [0.15, 0.2) is 0 Å². The van der Waals surface area contributed by atoms with E-state index in [2.05, 4.69) is 0 Å². The average molecular weight is 154 g/mol. The van der Waals surface area contributed by atoms with Crippen LogP contribution >= 0.6 is 0 Å². The third kappa shape index (κ3) is 1.58. The van der Waals surface area contributed by atoms with Crippen molar-refractivity contribution in [2.75, 3.05) is 0 Å². The number of hydrogen-bond donors (Lipinski definition) is 1. The highest BCUT2D eigenvalue weighted by Crippen LogP contribution is 2.40. The summed E-state index contributed by atoms with van der Waals surface area (Å²) in [5, 5.41) is 9.15. The normalized spacial score (nSPS) is 40.1. The van der Waals surface area contributed by atoms with Gasteiger partial charge in [-0.1, -0.05) is 32.1 Å². The molecule has 2 fully saturated rings. The van der Waals surface area contributed by atoms with E-state index in [1.54, 1.807) is 0 Å². The summed E-state index contributed by atoms with van der Waals surface area (Å²) in [5.74, 6) is 1.87. The third-order valence-corrected chi connectivity index (χ3v) is 3.47. The Labute approximate surface area is 68.8 Å². The van der Waals surface area contributed by atoms with Gasteiger partial charge >= 0.3 is 0 Å². The molecule has 0 aromatic rings. The zero-order valence-electron chi connectivity index (χ0n) is 7.13. The molecule has 0 spiro atoms. The van der Waals surface area contributed by atoms with Gasteiger partial charge in [-0.3, -0.25) is 0 Å². The summed E-state index contributed by atoms with van der Waals surface area (Å²) in [7, 11) is 0. The van der Waals surface area contributed by atoms with Crippen LogP contribution < -0.4 is 0 Å². The first kappa shape index (κ1) is 7.60. The Bertz CT molecular complexity index is 121. The van der Waals surface area contributed by atoms with E-state index in [9.17, 15) is 0 Å². The van der Waals surface area contributed by atoms with E-state index in [0.717, 1.165) is 24.7 Å². The fourth-order valence-corrected chi connectivity index (χ4v) is 2.62. The fourth-order valence-electron chi connectivity index (χ4n) is 2.62. The Balaban J connectivity index is 1.76. The van der Waals surface area contributed by atoms with E-state index in [0.29, 0.717) is 0 Å². The van der Waals surface area contributed by atoms with Crippen molar-refractivity contribution in [2.45, 2.75) is 51.0 Å². The molecule has 1 heteroatoms. The lowest BCUT2D eigenvalue weighted by Gasteiger charge is -2.39. The largest absolute Gasteiger partial charge is 0.393 e. The molecular weight excluding hydrogens is 136 g/mol. The molecule has 2 aliphatic carbocycles. The van der Waals surface area contributed by atoms with Gasteiger partial charge in [0, 0.05) is 0 Å². The van der Waals surface area contributed by atoms with Crippen molar-refractivity contribution in [3.63, 3.8) is 0 Å². The Kier molecular flexibility index (Phi) is 2.17. The minimum absolute atomic E-state index is 0.0573. The van der Waals surface area contributed by atoms with E-state index in [1.807, 2.05) is 0 Å². The molecule has 2 saturated carbocycles. The fraction of sp³-hybridized carbons (Fsp3) is 1.00. The van der Waals surface area contributed by atoms with Crippen LogP contribution in [-0.2, 0) is 0 Å². The van der Waals surface area contributed by atoms with Crippen LogP contribution in [-0.4, -0.2) is 11.2 Å². The highest BCUT2D eigenvalue weighted by molar-refractivity contribution is 4.85. The van der Waals surface area contributed by atoms with Gasteiger partial charge in [-0.2, -0.15) is 0 Å². The Morgan fingerprint density at radius 1 is 0.818 bits per heavy atom. The van der Waals surface area contributed by atoms with Crippen LogP contribution in [0.3, 0.4) is 0 Å². The monoisotopic (exact) mass is 154 g/mol. The summed E-state index contributed by atoms with van der Waals surface area (Å²) in [6.07, 6.45) is 9.48. The summed E-state index contributed by atoms with van der Waals surface area (Å²) in [5.41, 5.74) is 0. The van der Waals surface area contributed by atoms with Crippen molar-refractivity contribution in [1.82, 2.24) is 0 Å². The molecule has 1 N–H and O–H groups in total. The SMILES string of the molecule is OC1CC(C2CCCCC2)C1. The van der Waals surface area contributed by atoms with Crippen molar-refractivity contribution in [1.29, 1.82) is 0 Å². The van der Waals surface area contributed by atoms with Gasteiger partial charge in [0.25, 0.3) is 0 Å². The van der Waals surface area contributed by atoms with Crippen LogP contribution in [0.4, 0.5) is 0 Å². The third-order valence-electron chi connectivity index (χ3n) is 3.47. The first-order valence-electron chi connectivity index (χ1n) is 5.04. The molecule has 0 heterocycles. The van der Waals surface area contributed by atoms with Crippen molar-refractivity contribution in [3.05, 3.63) is 0 Å². The average Bonchev–Trinajstić information content (AvgIpc) is 2.01. The molecule has 2 aliphatic rings. The van der Waals surface area contributed by atoms with E-state index in [4.69, 9.17) is 5.11 Å². The molecule has 0 bridgehead atoms. The zero-order valence-corrected chi connectivity index (χ0v) is 7.13. The second kappa shape index (κ2) is 3.14. The van der Waals surface area contributed by atoms with Crippen LogP contribution in [0.2, 0.25) is 0 Å². The van der Waals surface area contributed by atoms with Crippen molar-refractivity contribution in [2.24, 2.45) is 11.8 Å². The van der Waals surface area contributed by atoms with E-state index in [-0.39, 0.29) is 6.10 Å². The van der Waals surface area contributed by atoms with Gasteiger partial charge in [-0.25, -0.2) is 0 Å². The molecule has 2 rings (SSSR count). The molecule has 0 saturated heterocycles. The maximum atomic E-state index is 9.15. The summed E-state index contributed by atoms with van der Waals surface area (Å²) in [6, 6.07) is 0. The molecule has 64 valence electrons. The molecule has 0 aromatic heterocycles. The van der Waals surface area contributed by atoms with E-state index < -0.39 is 0 Å². The first-order chi connectivity index (χ1) is 5.36. The molecule has 0 atom stereocenters. The van der Waals surface area contributed by atoms with Crippen LogP contribution in [0.1, 0.15) is 44.9 Å². The van der Waals surface area contributed by atoms with Crippen LogP contribution in [0, 0.1) is 11.8 Å². The number of rotatable bonds is 1. The first-order valence-corrected chi connectivity index (χ1v) is 5.04. The van der Waals surface area contributed by atoms with Gasteiger partial charge in [0.1, 0.15) is 0 Å². The van der Waals surface area contributed by atoms with Gasteiger partial charge in [0.15, 0.2) is 0 Å². The zero-order chi connectivity index (χ0) is 7.68. The second-order valence-electron chi connectivity index (χ2n) is 4.28. The smallest absolute Gasteiger partial charge is 0.0545 e. The quantitative estimate of drug-likeness (QED) is 0.614. The summed E-state index contributed by atoms with van der Waals surface area (Å²) in [6.45, 7) is 0. The Hall–Kier alpha value is -0.0400. The summed E-state index contributed by atoms with van der Waals surface area (Å²) in [4.78, 5) is 0. The van der Waals surface area contributed by atoms with Gasteiger partial charge in [-0.05, 0) is 24.7 Å². The molecule has 0 unspecified atom stereocenters. The summed E-state index contributed by atoms with van der Waals surface area (Å²) >= 11 is 0.